The van der Waals surface area contributed by atoms with Crippen LogP contribution >= 0.6 is 0 Å². The van der Waals surface area contributed by atoms with E-state index >= 15 is 0 Å². The summed E-state index contributed by atoms with van der Waals surface area (Å²) in [5, 5.41) is 32.4. The Morgan fingerprint density at radius 2 is 1.19 bits per heavy atom. The average Bonchev–Trinajstić information content (AvgIpc) is 2.57. The second kappa shape index (κ2) is 24.3. The van der Waals surface area contributed by atoms with Crippen molar-refractivity contribution in [3.05, 3.63) is 0 Å². The van der Waals surface area contributed by atoms with E-state index in [-0.39, 0.29) is 19.2 Å². The largest absolute Gasteiger partial charge is 0.481 e. The van der Waals surface area contributed by atoms with Gasteiger partial charge in [0.2, 0.25) is 0 Å². The summed E-state index contributed by atoms with van der Waals surface area (Å²) in [6.07, 6.45) is 10.4. The zero-order valence-corrected chi connectivity index (χ0v) is 17.0. The van der Waals surface area contributed by atoms with E-state index in [0.29, 0.717) is 6.42 Å². The maximum absolute atomic E-state index is 11.3. The van der Waals surface area contributed by atoms with Crippen molar-refractivity contribution in [3.8, 4) is 0 Å². The fourth-order valence-electron chi connectivity index (χ4n) is 1.89. The van der Waals surface area contributed by atoms with Crippen molar-refractivity contribution in [2.75, 3.05) is 13.2 Å². The maximum atomic E-state index is 11.3. The van der Waals surface area contributed by atoms with Gasteiger partial charge in [-0.1, -0.05) is 58.3 Å². The molecule has 0 aromatic heterocycles. The summed E-state index contributed by atoms with van der Waals surface area (Å²) in [4.78, 5) is 29.3. The van der Waals surface area contributed by atoms with Crippen molar-refractivity contribution in [2.45, 2.75) is 91.1 Å². The van der Waals surface area contributed by atoms with Crippen LogP contribution in [0.25, 0.3) is 0 Å². The molecule has 0 radical (unpaired) electrons. The second-order valence-corrected chi connectivity index (χ2v) is 6.14. The number of carbonyl (C=O) groups is 3. The molecule has 162 valence electrons. The van der Waals surface area contributed by atoms with Crippen molar-refractivity contribution >= 4 is 17.9 Å². The lowest BCUT2D eigenvalue weighted by Crippen LogP contribution is -2.21. The average molecular weight is 395 g/mol. The maximum Gasteiger partial charge on any atom is 0.305 e. The van der Waals surface area contributed by atoms with E-state index < -0.39 is 18.0 Å². The number of aliphatic carboxylic acids is 2. The molecule has 1 unspecified atom stereocenters. The first-order valence-corrected chi connectivity index (χ1v) is 9.50. The van der Waals surface area contributed by atoms with E-state index in [1.54, 1.807) is 0 Å². The van der Waals surface area contributed by atoms with Gasteiger partial charge in [-0.15, -0.1) is 0 Å². The van der Waals surface area contributed by atoms with Crippen LogP contribution in [0.2, 0.25) is 0 Å². The van der Waals surface area contributed by atoms with E-state index in [2.05, 4.69) is 6.92 Å². The van der Waals surface area contributed by atoms with Crippen molar-refractivity contribution in [1.29, 1.82) is 0 Å². The molecule has 0 spiro atoms. The van der Waals surface area contributed by atoms with Gasteiger partial charge in [-0.25, -0.2) is 0 Å². The molecule has 0 aromatic rings. The van der Waals surface area contributed by atoms with Crippen LogP contribution in [0.5, 0.6) is 0 Å². The van der Waals surface area contributed by atoms with E-state index in [0.717, 1.165) is 26.7 Å². The minimum absolute atomic E-state index is 0.104. The first-order chi connectivity index (χ1) is 12.7. The third kappa shape index (κ3) is 45.5. The van der Waals surface area contributed by atoms with Gasteiger partial charge in [-0.2, -0.15) is 0 Å². The molecular weight excluding hydrogens is 356 g/mol. The topological polar surface area (TPSA) is 141 Å². The zero-order valence-electron chi connectivity index (χ0n) is 17.0. The third-order valence-corrected chi connectivity index (χ3v) is 3.13. The Kier molecular flexibility index (Phi) is 27.1. The Labute approximate surface area is 162 Å². The van der Waals surface area contributed by atoms with E-state index in [1.807, 2.05) is 0 Å². The Bertz CT molecular complexity index is 338. The van der Waals surface area contributed by atoms with E-state index in [9.17, 15) is 4.79 Å². The third-order valence-electron chi connectivity index (χ3n) is 3.13. The monoisotopic (exact) mass is 394 g/mol. The number of carbonyl (C=O) groups excluding carboxylic acids is 1. The van der Waals surface area contributed by atoms with Gasteiger partial charge < -0.3 is 25.2 Å². The lowest BCUT2D eigenvalue weighted by molar-refractivity contribution is -0.147. The zero-order chi connectivity index (χ0) is 21.5. The summed E-state index contributed by atoms with van der Waals surface area (Å²) in [6, 6.07) is 0. The molecule has 0 aliphatic rings. The standard InChI is InChI=1S/C15H30O4.2C2H4O2/c1-2-3-4-5-6-7-8-9-10-11-15(18)19-13-14(17)12-16;2*1-2(3)4/h14,16-17H,2-13H2,1H3;2*1H3,(H,3,4). The summed E-state index contributed by atoms with van der Waals surface area (Å²) < 4.78 is 4.82. The molecule has 0 bridgehead atoms. The van der Waals surface area contributed by atoms with Crippen molar-refractivity contribution in [2.24, 2.45) is 0 Å². The van der Waals surface area contributed by atoms with Gasteiger partial charge in [0.1, 0.15) is 12.7 Å². The van der Waals surface area contributed by atoms with Crippen LogP contribution in [-0.4, -0.2) is 57.7 Å². The number of hydrogen-bond acceptors (Lipinski definition) is 6. The van der Waals surface area contributed by atoms with Crippen molar-refractivity contribution in [1.82, 2.24) is 0 Å². The van der Waals surface area contributed by atoms with Gasteiger partial charge in [-0.05, 0) is 6.42 Å². The van der Waals surface area contributed by atoms with Gasteiger partial charge in [-0.3, -0.25) is 14.4 Å². The fraction of sp³-hybridized carbons (Fsp3) is 0.842. The SMILES string of the molecule is CC(=O)O.CC(=O)O.CCCCCCCCCCCC(=O)OCC(O)CO. The molecule has 0 aliphatic heterocycles. The highest BCUT2D eigenvalue weighted by Gasteiger charge is 2.07. The van der Waals surface area contributed by atoms with Crippen LogP contribution in [0, 0.1) is 0 Å². The Hall–Kier alpha value is -1.67. The number of unbranched alkanes of at least 4 members (excludes halogenated alkanes) is 8. The Morgan fingerprint density at radius 1 is 0.815 bits per heavy atom. The number of aliphatic hydroxyl groups is 2. The summed E-state index contributed by atoms with van der Waals surface area (Å²) in [5.41, 5.74) is 0. The number of esters is 1. The quantitative estimate of drug-likeness (QED) is 0.276. The molecule has 8 heteroatoms. The first-order valence-electron chi connectivity index (χ1n) is 9.50. The van der Waals surface area contributed by atoms with E-state index in [1.165, 1.54) is 44.9 Å². The Morgan fingerprint density at radius 3 is 1.56 bits per heavy atom. The Balaban J connectivity index is -0.000000603. The highest BCUT2D eigenvalue weighted by molar-refractivity contribution is 5.69. The molecule has 8 nitrogen and oxygen atoms in total. The van der Waals surface area contributed by atoms with Crippen LogP contribution < -0.4 is 0 Å². The van der Waals surface area contributed by atoms with Crippen LogP contribution in [0.4, 0.5) is 0 Å². The lowest BCUT2D eigenvalue weighted by atomic mass is 10.1. The molecule has 4 N–H and O–H groups in total. The van der Waals surface area contributed by atoms with Gasteiger partial charge in [0, 0.05) is 20.3 Å². The molecule has 0 amide bonds. The normalized spacial score (nSPS) is 10.6. The minimum Gasteiger partial charge on any atom is -0.481 e. The predicted molar refractivity (Wildman–Crippen MR) is 103 cm³/mol. The predicted octanol–water partition coefficient (Wildman–Crippen LogP) is 2.99. The summed E-state index contributed by atoms with van der Waals surface area (Å²) in [5.74, 6) is -1.95. The number of carboxylic acids is 2. The lowest BCUT2D eigenvalue weighted by Gasteiger charge is -2.08. The van der Waals surface area contributed by atoms with Crippen molar-refractivity contribution in [3.63, 3.8) is 0 Å². The van der Waals surface area contributed by atoms with Crippen LogP contribution in [0.15, 0.2) is 0 Å². The molecule has 0 rings (SSSR count). The van der Waals surface area contributed by atoms with E-state index in [4.69, 9.17) is 34.8 Å². The molecule has 27 heavy (non-hydrogen) atoms. The molecule has 0 aromatic carbocycles. The number of aliphatic hydroxyl groups excluding tert-OH is 2. The summed E-state index contributed by atoms with van der Waals surface area (Å²) >= 11 is 0. The first kappa shape index (κ1) is 30.1. The molecule has 0 aliphatic carbocycles. The highest BCUT2D eigenvalue weighted by Crippen LogP contribution is 2.10. The van der Waals surface area contributed by atoms with Crippen LogP contribution in [0.1, 0.15) is 85.0 Å². The van der Waals surface area contributed by atoms with Crippen LogP contribution in [0.3, 0.4) is 0 Å². The number of rotatable bonds is 13. The van der Waals surface area contributed by atoms with Crippen molar-refractivity contribution < 1.29 is 39.5 Å². The molecule has 1 atom stereocenters. The molecule has 0 heterocycles. The summed E-state index contributed by atoms with van der Waals surface area (Å²) in [7, 11) is 0. The number of carboxylic acid groups (broad SMARTS) is 2. The van der Waals surface area contributed by atoms with Gasteiger partial charge >= 0.3 is 5.97 Å². The molecule has 0 saturated carbocycles. The smallest absolute Gasteiger partial charge is 0.305 e. The highest BCUT2D eigenvalue weighted by atomic mass is 16.5. The molecule has 0 saturated heterocycles. The number of hydrogen-bond donors (Lipinski definition) is 4. The molecule has 0 fully saturated rings. The van der Waals surface area contributed by atoms with Crippen LogP contribution in [-0.2, 0) is 19.1 Å². The van der Waals surface area contributed by atoms with Gasteiger partial charge in [0.15, 0.2) is 0 Å². The molecular formula is C19H38O8. The fourth-order valence-corrected chi connectivity index (χ4v) is 1.89. The minimum atomic E-state index is -0.952. The second-order valence-electron chi connectivity index (χ2n) is 6.14. The van der Waals surface area contributed by atoms with Gasteiger partial charge in [0.25, 0.3) is 11.9 Å². The number of ether oxygens (including phenoxy) is 1. The summed E-state index contributed by atoms with van der Waals surface area (Å²) in [6.45, 7) is 3.91. The van der Waals surface area contributed by atoms with Gasteiger partial charge in [0.05, 0.1) is 6.61 Å².